The average molecular weight is 306 g/mol. The molecule has 0 saturated carbocycles. The lowest BCUT2D eigenvalue weighted by atomic mass is 9.83. The van der Waals surface area contributed by atoms with E-state index in [0.29, 0.717) is 11.8 Å². The lowest BCUT2D eigenvalue weighted by molar-refractivity contribution is 0.257. The Balaban J connectivity index is 1.67. The summed E-state index contributed by atoms with van der Waals surface area (Å²) in [6, 6.07) is 8.04. The third-order valence-corrected chi connectivity index (χ3v) is 5.19. The van der Waals surface area contributed by atoms with Crippen molar-refractivity contribution in [1.82, 2.24) is 19.9 Å². The lowest BCUT2D eigenvalue weighted by Crippen LogP contribution is -2.44. The molecule has 2 N–H and O–H groups in total. The highest BCUT2D eigenvalue weighted by molar-refractivity contribution is 5.81. The third kappa shape index (κ3) is 2.04. The fourth-order valence-electron chi connectivity index (χ4n) is 4.07. The van der Waals surface area contributed by atoms with Crippen molar-refractivity contribution in [2.75, 3.05) is 13.1 Å². The van der Waals surface area contributed by atoms with Crippen LogP contribution in [0.25, 0.3) is 22.2 Å². The second-order valence-electron chi connectivity index (χ2n) is 6.71. The molecule has 1 fully saturated rings. The molecule has 5 heteroatoms. The van der Waals surface area contributed by atoms with Gasteiger partial charge in [0, 0.05) is 54.1 Å². The van der Waals surface area contributed by atoms with Gasteiger partial charge in [-0.05, 0) is 42.6 Å². The SMILES string of the molecule is O=c1cc(-c2cnc3[nH]ccc3c2)cc2n1C[C@@H]1CNC[C@H]2C1. The van der Waals surface area contributed by atoms with Crippen LogP contribution in [0.3, 0.4) is 0 Å². The van der Waals surface area contributed by atoms with Crippen LogP contribution in [-0.2, 0) is 6.54 Å². The van der Waals surface area contributed by atoms with E-state index in [4.69, 9.17) is 0 Å². The molecule has 5 heterocycles. The number of hydrogen-bond donors (Lipinski definition) is 2. The number of rotatable bonds is 1. The van der Waals surface area contributed by atoms with Gasteiger partial charge in [-0.15, -0.1) is 0 Å². The molecular formula is C18H18N4O. The van der Waals surface area contributed by atoms with Gasteiger partial charge in [-0.3, -0.25) is 4.79 Å². The maximum absolute atomic E-state index is 12.6. The highest BCUT2D eigenvalue weighted by Crippen LogP contribution is 2.33. The van der Waals surface area contributed by atoms with Gasteiger partial charge in [0.25, 0.3) is 5.56 Å². The molecule has 2 aliphatic rings. The van der Waals surface area contributed by atoms with E-state index in [1.54, 1.807) is 6.07 Å². The number of H-pyrrole nitrogens is 1. The van der Waals surface area contributed by atoms with Gasteiger partial charge < -0.3 is 14.9 Å². The Morgan fingerprint density at radius 1 is 1.17 bits per heavy atom. The van der Waals surface area contributed by atoms with E-state index in [1.807, 2.05) is 23.0 Å². The molecule has 0 unspecified atom stereocenters. The number of nitrogens with one attached hydrogen (secondary N) is 2. The normalized spacial score (nSPS) is 23.0. The number of aromatic nitrogens is 3. The molecule has 0 aromatic carbocycles. The van der Waals surface area contributed by atoms with Crippen molar-refractivity contribution in [3.05, 3.63) is 52.7 Å². The Morgan fingerprint density at radius 3 is 3.09 bits per heavy atom. The molecule has 0 radical (unpaired) electrons. The molecular weight excluding hydrogens is 288 g/mol. The monoisotopic (exact) mass is 306 g/mol. The summed E-state index contributed by atoms with van der Waals surface area (Å²) < 4.78 is 1.98. The van der Waals surface area contributed by atoms with Gasteiger partial charge in [0.05, 0.1) is 0 Å². The Hall–Kier alpha value is -2.40. The summed E-state index contributed by atoms with van der Waals surface area (Å²) in [6.07, 6.45) is 4.91. The predicted octanol–water partition coefficient (Wildman–Crippen LogP) is 2.10. The molecule has 23 heavy (non-hydrogen) atoms. The van der Waals surface area contributed by atoms with Gasteiger partial charge in [0.2, 0.25) is 0 Å². The van der Waals surface area contributed by atoms with Crippen LogP contribution in [0.4, 0.5) is 0 Å². The van der Waals surface area contributed by atoms with Crippen molar-refractivity contribution in [3.63, 3.8) is 0 Å². The van der Waals surface area contributed by atoms with E-state index in [0.717, 1.165) is 41.8 Å². The first-order chi connectivity index (χ1) is 11.3. The third-order valence-electron chi connectivity index (χ3n) is 5.19. The molecule has 2 atom stereocenters. The summed E-state index contributed by atoms with van der Waals surface area (Å²) in [4.78, 5) is 20.2. The maximum Gasteiger partial charge on any atom is 0.251 e. The highest BCUT2D eigenvalue weighted by atomic mass is 16.1. The van der Waals surface area contributed by atoms with E-state index in [1.165, 1.54) is 12.1 Å². The minimum absolute atomic E-state index is 0.114. The molecule has 5 nitrogen and oxygen atoms in total. The maximum atomic E-state index is 12.6. The van der Waals surface area contributed by atoms with Crippen LogP contribution in [0, 0.1) is 5.92 Å². The largest absolute Gasteiger partial charge is 0.346 e. The molecule has 1 saturated heterocycles. The van der Waals surface area contributed by atoms with E-state index in [-0.39, 0.29) is 5.56 Å². The molecule has 0 amide bonds. The van der Waals surface area contributed by atoms with Gasteiger partial charge in [-0.25, -0.2) is 4.98 Å². The molecule has 5 rings (SSSR count). The zero-order valence-electron chi connectivity index (χ0n) is 12.7. The standard InChI is InChI=1S/C18H18N4O/c23-17-6-13(14-4-12-1-2-20-18(12)21-9-14)5-16-15-3-11(7-19-8-15)10-22(16)17/h1-2,4-6,9,11,15,19H,3,7-8,10H2,(H,20,21)/t11-,15+/m0/s1. The number of hydrogen-bond acceptors (Lipinski definition) is 3. The Bertz CT molecular complexity index is 955. The highest BCUT2D eigenvalue weighted by Gasteiger charge is 2.31. The van der Waals surface area contributed by atoms with Crippen LogP contribution in [0.1, 0.15) is 18.0 Å². The van der Waals surface area contributed by atoms with Crippen molar-refractivity contribution < 1.29 is 0 Å². The topological polar surface area (TPSA) is 62.7 Å². The second-order valence-corrected chi connectivity index (χ2v) is 6.71. The minimum atomic E-state index is 0.114. The van der Waals surface area contributed by atoms with Crippen LogP contribution in [0.5, 0.6) is 0 Å². The van der Waals surface area contributed by atoms with Gasteiger partial charge in [-0.1, -0.05) is 0 Å². The number of nitrogens with zero attached hydrogens (tertiary/aromatic N) is 2. The Kier molecular flexibility index (Phi) is 2.73. The average Bonchev–Trinajstić information content (AvgIpc) is 3.03. The lowest BCUT2D eigenvalue weighted by Gasteiger charge is -2.37. The van der Waals surface area contributed by atoms with Crippen LogP contribution >= 0.6 is 0 Å². The van der Waals surface area contributed by atoms with Gasteiger partial charge in [0.1, 0.15) is 5.65 Å². The first kappa shape index (κ1) is 13.1. The van der Waals surface area contributed by atoms with Crippen molar-refractivity contribution in [1.29, 1.82) is 0 Å². The summed E-state index contributed by atoms with van der Waals surface area (Å²) in [5, 5.41) is 4.56. The van der Waals surface area contributed by atoms with E-state index >= 15 is 0 Å². The molecule has 2 aliphatic heterocycles. The van der Waals surface area contributed by atoms with Crippen molar-refractivity contribution in [2.24, 2.45) is 5.92 Å². The fraction of sp³-hybridized carbons (Fsp3) is 0.333. The summed E-state index contributed by atoms with van der Waals surface area (Å²) in [5.74, 6) is 1.03. The van der Waals surface area contributed by atoms with Crippen LogP contribution in [-0.4, -0.2) is 27.6 Å². The summed E-state index contributed by atoms with van der Waals surface area (Å²) in [5.41, 5.74) is 4.14. The van der Waals surface area contributed by atoms with E-state index < -0.39 is 0 Å². The number of pyridine rings is 2. The quantitative estimate of drug-likeness (QED) is 0.724. The fourth-order valence-corrected chi connectivity index (χ4v) is 4.07. The Morgan fingerprint density at radius 2 is 2.13 bits per heavy atom. The summed E-state index contributed by atoms with van der Waals surface area (Å²) in [7, 11) is 0. The second kappa shape index (κ2) is 4.80. The summed E-state index contributed by atoms with van der Waals surface area (Å²) >= 11 is 0. The molecule has 2 bridgehead atoms. The van der Waals surface area contributed by atoms with Crippen LogP contribution in [0.2, 0.25) is 0 Å². The zero-order valence-corrected chi connectivity index (χ0v) is 12.7. The van der Waals surface area contributed by atoms with E-state index in [9.17, 15) is 4.79 Å². The van der Waals surface area contributed by atoms with Gasteiger partial charge in [0.15, 0.2) is 0 Å². The van der Waals surface area contributed by atoms with Crippen LogP contribution in [0.15, 0.2) is 41.5 Å². The first-order valence-electron chi connectivity index (χ1n) is 8.17. The van der Waals surface area contributed by atoms with Crippen molar-refractivity contribution in [2.45, 2.75) is 18.9 Å². The number of piperidine rings is 1. The molecule has 0 aliphatic carbocycles. The van der Waals surface area contributed by atoms with E-state index in [2.05, 4.69) is 27.4 Å². The zero-order chi connectivity index (χ0) is 15.4. The molecule has 3 aromatic rings. The number of fused-ring (bicyclic) bond motifs is 5. The van der Waals surface area contributed by atoms with Crippen LogP contribution < -0.4 is 10.9 Å². The van der Waals surface area contributed by atoms with Crippen molar-refractivity contribution >= 4 is 11.0 Å². The smallest absolute Gasteiger partial charge is 0.251 e. The minimum Gasteiger partial charge on any atom is -0.346 e. The first-order valence-corrected chi connectivity index (χ1v) is 8.17. The summed E-state index contributed by atoms with van der Waals surface area (Å²) in [6.45, 7) is 2.83. The van der Waals surface area contributed by atoms with Gasteiger partial charge in [-0.2, -0.15) is 0 Å². The predicted molar refractivity (Wildman–Crippen MR) is 89.5 cm³/mol. The van der Waals surface area contributed by atoms with Crippen molar-refractivity contribution in [3.8, 4) is 11.1 Å². The molecule has 3 aromatic heterocycles. The molecule has 0 spiro atoms. The molecule has 116 valence electrons. The Labute approximate surface area is 133 Å². The van der Waals surface area contributed by atoms with Gasteiger partial charge >= 0.3 is 0 Å². The number of aromatic amines is 1.